The lowest BCUT2D eigenvalue weighted by Crippen LogP contribution is -2.45. The molecule has 1 aliphatic rings. The third-order valence-corrected chi connectivity index (χ3v) is 8.74. The van der Waals surface area contributed by atoms with E-state index in [0.29, 0.717) is 25.9 Å². The van der Waals surface area contributed by atoms with Crippen LogP contribution in [0.15, 0.2) is 39.9 Å². The molecule has 2 aromatic rings. The van der Waals surface area contributed by atoms with Crippen molar-refractivity contribution in [3.63, 3.8) is 0 Å². The van der Waals surface area contributed by atoms with Crippen LogP contribution in [0.2, 0.25) is 5.02 Å². The van der Waals surface area contributed by atoms with E-state index in [2.05, 4.69) is 5.32 Å². The van der Waals surface area contributed by atoms with Gasteiger partial charge >= 0.3 is 6.18 Å². The van der Waals surface area contributed by atoms with Crippen molar-refractivity contribution in [2.75, 3.05) is 13.1 Å². The van der Waals surface area contributed by atoms with Crippen molar-refractivity contribution in [3.8, 4) is 0 Å². The molecule has 1 aromatic carbocycles. The van der Waals surface area contributed by atoms with Crippen molar-refractivity contribution >= 4 is 33.0 Å². The molecule has 4 nitrogen and oxygen atoms in total. The Kier molecular flexibility index (Phi) is 6.41. The molecule has 154 valence electrons. The first-order valence-electron chi connectivity index (χ1n) is 8.75. The molecule has 0 amide bonds. The highest BCUT2D eigenvalue weighted by molar-refractivity contribution is 7.91. The molecule has 0 saturated carbocycles. The summed E-state index contributed by atoms with van der Waals surface area (Å²) < 4.78 is 65.0. The summed E-state index contributed by atoms with van der Waals surface area (Å²) in [6.45, 7) is 2.62. The van der Waals surface area contributed by atoms with Gasteiger partial charge in [-0.1, -0.05) is 23.7 Å². The van der Waals surface area contributed by atoms with Crippen LogP contribution in [0.1, 0.15) is 36.9 Å². The first-order valence-corrected chi connectivity index (χ1v) is 11.4. The first kappa shape index (κ1) is 21.6. The number of nitrogens with one attached hydrogen (secondary N) is 1. The zero-order valence-corrected chi connectivity index (χ0v) is 17.4. The molecule has 0 spiro atoms. The van der Waals surface area contributed by atoms with Crippen LogP contribution >= 0.6 is 22.9 Å². The van der Waals surface area contributed by atoms with E-state index in [1.807, 2.05) is 6.92 Å². The molecule has 1 N–H and O–H groups in total. The summed E-state index contributed by atoms with van der Waals surface area (Å²) >= 11 is 7.07. The molecule has 1 atom stereocenters. The van der Waals surface area contributed by atoms with Crippen molar-refractivity contribution < 1.29 is 21.6 Å². The number of benzene rings is 1. The van der Waals surface area contributed by atoms with Gasteiger partial charge < -0.3 is 5.32 Å². The van der Waals surface area contributed by atoms with Crippen LogP contribution < -0.4 is 5.32 Å². The van der Waals surface area contributed by atoms with Gasteiger partial charge in [-0.2, -0.15) is 17.5 Å². The van der Waals surface area contributed by atoms with Crippen LogP contribution in [0.25, 0.3) is 0 Å². The molecule has 1 unspecified atom stereocenters. The van der Waals surface area contributed by atoms with Crippen molar-refractivity contribution in [2.24, 2.45) is 0 Å². The lowest BCUT2D eigenvalue weighted by molar-refractivity contribution is -0.137. The second-order valence-corrected chi connectivity index (χ2v) is 10.2. The van der Waals surface area contributed by atoms with Gasteiger partial charge in [-0.3, -0.25) is 0 Å². The van der Waals surface area contributed by atoms with Crippen LogP contribution in [0, 0.1) is 0 Å². The Morgan fingerprint density at radius 3 is 2.29 bits per heavy atom. The van der Waals surface area contributed by atoms with Crippen molar-refractivity contribution in [3.05, 3.63) is 51.9 Å². The molecule has 3 rings (SSSR count). The fourth-order valence-corrected chi connectivity index (χ4v) is 6.54. The summed E-state index contributed by atoms with van der Waals surface area (Å²) in [5.74, 6) is 0. The smallest absolute Gasteiger partial charge is 0.307 e. The highest BCUT2D eigenvalue weighted by Crippen LogP contribution is 2.32. The molecule has 28 heavy (non-hydrogen) atoms. The molecule has 1 fully saturated rings. The lowest BCUT2D eigenvalue weighted by atomic mass is 10.0. The van der Waals surface area contributed by atoms with Crippen LogP contribution in [0.3, 0.4) is 0 Å². The third-order valence-electron chi connectivity index (χ3n) is 4.84. The summed E-state index contributed by atoms with van der Waals surface area (Å²) in [6.07, 6.45) is -3.11. The first-order chi connectivity index (χ1) is 13.1. The van der Waals surface area contributed by atoms with Gasteiger partial charge in [0, 0.05) is 25.2 Å². The molecular weight excluding hydrogens is 433 g/mol. The molecule has 0 radical (unpaired) electrons. The third kappa shape index (κ3) is 4.71. The van der Waals surface area contributed by atoms with Gasteiger partial charge in [0.15, 0.2) is 4.21 Å². The molecule has 10 heteroatoms. The Balaban J connectivity index is 1.57. The molecule has 1 aliphatic heterocycles. The minimum Gasteiger partial charge on any atom is -0.307 e. The van der Waals surface area contributed by atoms with Crippen LogP contribution in [0.5, 0.6) is 0 Å². The van der Waals surface area contributed by atoms with Crippen LogP contribution in [-0.4, -0.2) is 31.9 Å². The van der Waals surface area contributed by atoms with Gasteiger partial charge in [0.1, 0.15) is 0 Å². The Labute approximate surface area is 171 Å². The highest BCUT2D eigenvalue weighted by Gasteiger charge is 2.32. The topological polar surface area (TPSA) is 49.4 Å². The number of thiophene rings is 1. The highest BCUT2D eigenvalue weighted by atomic mass is 35.5. The summed E-state index contributed by atoms with van der Waals surface area (Å²) in [7, 11) is -3.59. The molecule has 0 bridgehead atoms. The fraction of sp³-hybridized carbons (Fsp3) is 0.444. The van der Waals surface area contributed by atoms with Crippen molar-refractivity contribution in [1.82, 2.24) is 9.62 Å². The fourth-order valence-electron chi connectivity index (χ4n) is 3.25. The monoisotopic (exact) mass is 452 g/mol. The summed E-state index contributed by atoms with van der Waals surface area (Å²) in [4.78, 5) is 0. The second kappa shape index (κ2) is 8.31. The molecular formula is C18H20ClF3N2O2S2. The quantitative estimate of drug-likeness (QED) is 0.700. The van der Waals surface area contributed by atoms with E-state index in [-0.39, 0.29) is 21.3 Å². The normalized spacial score (nSPS) is 18.3. The van der Waals surface area contributed by atoms with E-state index >= 15 is 0 Å². The number of halogens is 4. The van der Waals surface area contributed by atoms with Crippen LogP contribution in [0.4, 0.5) is 13.2 Å². The van der Waals surface area contributed by atoms with Crippen molar-refractivity contribution in [1.29, 1.82) is 0 Å². The van der Waals surface area contributed by atoms with Gasteiger partial charge in [-0.05, 0) is 48.9 Å². The largest absolute Gasteiger partial charge is 0.416 e. The van der Waals surface area contributed by atoms with E-state index in [4.69, 9.17) is 11.6 Å². The predicted octanol–water partition coefficient (Wildman–Crippen LogP) is 4.92. The lowest BCUT2D eigenvalue weighted by Gasteiger charge is -2.33. The molecule has 0 aliphatic carbocycles. The maximum absolute atomic E-state index is 12.7. The Morgan fingerprint density at radius 2 is 1.79 bits per heavy atom. The molecule has 1 aromatic heterocycles. The van der Waals surface area contributed by atoms with Gasteiger partial charge in [0.25, 0.3) is 10.0 Å². The predicted molar refractivity (Wildman–Crippen MR) is 104 cm³/mol. The zero-order chi connectivity index (χ0) is 20.5. The molecule has 2 heterocycles. The number of sulfonamides is 1. The minimum absolute atomic E-state index is 0.0857. The number of rotatable bonds is 5. The average molecular weight is 453 g/mol. The zero-order valence-electron chi connectivity index (χ0n) is 15.0. The van der Waals surface area contributed by atoms with E-state index < -0.39 is 21.8 Å². The summed E-state index contributed by atoms with van der Waals surface area (Å²) in [6, 6.07) is 6.61. The standard InChI is InChI=1S/C18H20ClF3N2O2S2/c1-12(13-2-4-14(5-3-13)18(20,21)22)23-15-6-9-24(10-7-15)28(25,26)17-16(19)8-11-27-17/h2-5,8,11-12,15,23H,6-7,9-10H2,1H3. The Morgan fingerprint density at radius 1 is 1.18 bits per heavy atom. The van der Waals surface area contributed by atoms with E-state index in [9.17, 15) is 21.6 Å². The van der Waals surface area contributed by atoms with Gasteiger partial charge in [0.05, 0.1) is 10.6 Å². The second-order valence-electron chi connectivity index (χ2n) is 6.74. The van der Waals surface area contributed by atoms with E-state index in [1.54, 1.807) is 11.4 Å². The number of alkyl halides is 3. The SMILES string of the molecule is CC(NC1CCN(S(=O)(=O)c2sccc2Cl)CC1)c1ccc(C(F)(F)F)cc1. The molecule has 1 saturated heterocycles. The number of piperidine rings is 1. The summed E-state index contributed by atoms with van der Waals surface area (Å²) in [5.41, 5.74) is 0.0858. The maximum atomic E-state index is 12.7. The summed E-state index contributed by atoms with van der Waals surface area (Å²) in [5, 5.41) is 5.27. The Hall–Kier alpha value is -1.13. The maximum Gasteiger partial charge on any atom is 0.416 e. The minimum atomic E-state index is -4.35. The number of hydrogen-bond acceptors (Lipinski definition) is 4. The van der Waals surface area contributed by atoms with Crippen molar-refractivity contribution in [2.45, 2.75) is 42.2 Å². The van der Waals surface area contributed by atoms with Gasteiger partial charge in [0.2, 0.25) is 0 Å². The number of nitrogens with zero attached hydrogens (tertiary/aromatic N) is 1. The van der Waals surface area contributed by atoms with Crippen LogP contribution in [-0.2, 0) is 16.2 Å². The van der Waals surface area contributed by atoms with E-state index in [0.717, 1.165) is 29.0 Å². The van der Waals surface area contributed by atoms with Gasteiger partial charge in [-0.15, -0.1) is 11.3 Å². The average Bonchev–Trinajstić information content (AvgIpc) is 3.08. The number of hydrogen-bond donors (Lipinski definition) is 1. The van der Waals surface area contributed by atoms with Gasteiger partial charge in [-0.25, -0.2) is 8.42 Å². The Bertz CT molecular complexity index is 906. The van der Waals surface area contributed by atoms with E-state index in [1.165, 1.54) is 16.4 Å².